The maximum absolute atomic E-state index is 11.8. The molecule has 0 aromatic heterocycles. The lowest BCUT2D eigenvalue weighted by atomic mass is 10.1. The lowest BCUT2D eigenvalue weighted by molar-refractivity contribution is 0.0527. The molecule has 0 aliphatic rings. The van der Waals surface area contributed by atoms with E-state index in [0.29, 0.717) is 17.9 Å². The van der Waals surface area contributed by atoms with Crippen molar-refractivity contribution in [2.24, 2.45) is 0 Å². The monoisotopic (exact) mass is 382 g/mol. The van der Waals surface area contributed by atoms with Gasteiger partial charge in [-0.3, -0.25) is 0 Å². The first kappa shape index (κ1) is 14.6. The molecule has 0 aliphatic heterocycles. The van der Waals surface area contributed by atoms with E-state index in [1.165, 1.54) is 0 Å². The zero-order valence-corrected chi connectivity index (χ0v) is 13.2. The van der Waals surface area contributed by atoms with E-state index in [1.54, 1.807) is 19.1 Å². The minimum absolute atomic E-state index is 0.326. The van der Waals surface area contributed by atoms with Crippen LogP contribution in [0, 0.1) is 3.57 Å². The molecular weight excluding hydrogens is 367 g/mol. The average molecular weight is 382 g/mol. The Kier molecular flexibility index (Phi) is 4.84. The minimum atomic E-state index is -0.406. The maximum Gasteiger partial charge on any atom is 0.340 e. The average Bonchev–Trinajstić information content (AvgIpc) is 2.43. The van der Waals surface area contributed by atoms with E-state index in [-0.39, 0.29) is 0 Å². The number of esters is 1. The summed E-state index contributed by atoms with van der Waals surface area (Å²) < 4.78 is 6.15. The smallest absolute Gasteiger partial charge is 0.340 e. The number of rotatable bonds is 4. The van der Waals surface area contributed by atoms with Crippen LogP contribution in [0.2, 0.25) is 0 Å². The van der Waals surface area contributed by atoms with Crippen LogP contribution in [0.4, 0.5) is 17.1 Å². The first-order chi connectivity index (χ1) is 9.60. The molecule has 2 aromatic carbocycles. The number of nitrogen functional groups attached to an aromatic ring is 1. The molecule has 0 radical (unpaired) electrons. The Morgan fingerprint density at radius 1 is 1.20 bits per heavy atom. The number of nitrogens with two attached hydrogens (primary N) is 1. The lowest BCUT2D eigenvalue weighted by Crippen LogP contribution is -2.08. The molecule has 0 aliphatic carbocycles. The van der Waals surface area contributed by atoms with Gasteiger partial charge in [0.05, 0.1) is 12.2 Å². The largest absolute Gasteiger partial charge is 0.462 e. The van der Waals surface area contributed by atoms with Crippen molar-refractivity contribution in [1.82, 2.24) is 0 Å². The molecule has 0 fully saturated rings. The molecule has 5 heteroatoms. The second kappa shape index (κ2) is 6.60. The second-order valence-electron chi connectivity index (χ2n) is 4.15. The summed E-state index contributed by atoms with van der Waals surface area (Å²) in [4.78, 5) is 11.8. The van der Waals surface area contributed by atoms with Crippen LogP contribution in [-0.4, -0.2) is 12.6 Å². The number of halogens is 1. The van der Waals surface area contributed by atoms with Gasteiger partial charge in [0.2, 0.25) is 0 Å². The van der Waals surface area contributed by atoms with Gasteiger partial charge < -0.3 is 15.8 Å². The molecule has 0 amide bonds. The van der Waals surface area contributed by atoms with Crippen molar-refractivity contribution in [1.29, 1.82) is 0 Å². The van der Waals surface area contributed by atoms with E-state index in [0.717, 1.165) is 14.9 Å². The third-order valence-corrected chi connectivity index (χ3v) is 3.40. The van der Waals surface area contributed by atoms with E-state index >= 15 is 0 Å². The number of anilines is 3. The highest BCUT2D eigenvalue weighted by Crippen LogP contribution is 2.22. The summed E-state index contributed by atoms with van der Waals surface area (Å²) in [6.07, 6.45) is 0. The van der Waals surface area contributed by atoms with Gasteiger partial charge in [-0.25, -0.2) is 4.79 Å². The summed E-state index contributed by atoms with van der Waals surface area (Å²) >= 11 is 2.25. The number of hydrogen-bond acceptors (Lipinski definition) is 4. The van der Waals surface area contributed by atoms with Crippen molar-refractivity contribution in [3.63, 3.8) is 0 Å². The summed E-state index contributed by atoms with van der Waals surface area (Å²) in [5, 5.41) is 3.23. The normalized spacial score (nSPS) is 10.1. The fourth-order valence-corrected chi connectivity index (χ4v) is 2.08. The van der Waals surface area contributed by atoms with Crippen LogP contribution in [0.25, 0.3) is 0 Å². The van der Waals surface area contributed by atoms with Crippen LogP contribution < -0.4 is 11.1 Å². The van der Waals surface area contributed by atoms with E-state index in [9.17, 15) is 4.79 Å². The molecule has 2 aromatic rings. The molecule has 20 heavy (non-hydrogen) atoms. The predicted molar refractivity (Wildman–Crippen MR) is 89.3 cm³/mol. The van der Waals surface area contributed by atoms with Crippen molar-refractivity contribution in [3.05, 3.63) is 51.6 Å². The van der Waals surface area contributed by atoms with E-state index in [4.69, 9.17) is 10.5 Å². The van der Waals surface area contributed by atoms with Gasteiger partial charge in [-0.05, 0) is 72.0 Å². The Bertz CT molecular complexity index is 612. The highest BCUT2D eigenvalue weighted by molar-refractivity contribution is 14.1. The van der Waals surface area contributed by atoms with Crippen molar-refractivity contribution in [2.75, 3.05) is 17.7 Å². The van der Waals surface area contributed by atoms with Gasteiger partial charge >= 0.3 is 5.97 Å². The molecule has 104 valence electrons. The first-order valence-electron chi connectivity index (χ1n) is 6.19. The molecule has 4 nitrogen and oxygen atoms in total. The lowest BCUT2D eigenvalue weighted by Gasteiger charge is -2.10. The molecule has 0 heterocycles. The first-order valence-corrected chi connectivity index (χ1v) is 7.27. The van der Waals surface area contributed by atoms with Gasteiger partial charge in [-0.1, -0.05) is 0 Å². The van der Waals surface area contributed by atoms with Gasteiger partial charge in [0.1, 0.15) is 0 Å². The van der Waals surface area contributed by atoms with Gasteiger partial charge in [-0.15, -0.1) is 0 Å². The number of benzene rings is 2. The molecule has 0 spiro atoms. The molecule has 2 rings (SSSR count). The van der Waals surface area contributed by atoms with E-state index < -0.39 is 5.97 Å². The maximum atomic E-state index is 11.8. The summed E-state index contributed by atoms with van der Waals surface area (Å²) in [6.45, 7) is 2.09. The van der Waals surface area contributed by atoms with Crippen molar-refractivity contribution in [3.8, 4) is 0 Å². The van der Waals surface area contributed by atoms with Crippen LogP contribution in [0.15, 0.2) is 42.5 Å². The topological polar surface area (TPSA) is 64.3 Å². The van der Waals surface area contributed by atoms with Crippen LogP contribution in [-0.2, 0) is 4.74 Å². The Balaban J connectivity index is 2.22. The Hall–Kier alpha value is -1.76. The summed E-state index contributed by atoms with van der Waals surface area (Å²) in [7, 11) is 0. The molecule has 0 saturated carbocycles. The Morgan fingerprint density at radius 2 is 1.85 bits per heavy atom. The van der Waals surface area contributed by atoms with Crippen LogP contribution >= 0.6 is 22.6 Å². The van der Waals surface area contributed by atoms with E-state index in [1.807, 2.05) is 30.3 Å². The molecule has 0 saturated heterocycles. The second-order valence-corrected chi connectivity index (χ2v) is 5.40. The highest BCUT2D eigenvalue weighted by atomic mass is 127. The number of carbonyl (C=O) groups is 1. The number of nitrogens with one attached hydrogen (secondary N) is 1. The summed E-state index contributed by atoms with van der Waals surface area (Å²) in [6, 6.07) is 13.2. The van der Waals surface area contributed by atoms with Crippen LogP contribution in [0.1, 0.15) is 17.3 Å². The Morgan fingerprint density at radius 3 is 2.50 bits per heavy atom. The fourth-order valence-electron chi connectivity index (χ4n) is 1.72. The fraction of sp³-hybridized carbons (Fsp3) is 0.133. The molecular formula is C15H15IN2O2. The third-order valence-electron chi connectivity index (χ3n) is 2.68. The number of hydrogen-bond donors (Lipinski definition) is 2. The zero-order valence-electron chi connectivity index (χ0n) is 11.0. The SMILES string of the molecule is CCOC(=O)c1cc(Nc2ccc(I)cc2)ccc1N. The molecule has 0 bridgehead atoms. The summed E-state index contributed by atoms with van der Waals surface area (Å²) in [5.41, 5.74) is 8.34. The number of carbonyl (C=O) groups excluding carboxylic acids is 1. The zero-order chi connectivity index (χ0) is 14.5. The summed E-state index contributed by atoms with van der Waals surface area (Å²) in [5.74, 6) is -0.406. The Labute approximate surface area is 131 Å². The van der Waals surface area contributed by atoms with Crippen molar-refractivity contribution >= 4 is 45.6 Å². The van der Waals surface area contributed by atoms with Gasteiger partial charge in [0.15, 0.2) is 0 Å². The van der Waals surface area contributed by atoms with E-state index in [2.05, 4.69) is 27.9 Å². The van der Waals surface area contributed by atoms with Crippen molar-refractivity contribution < 1.29 is 9.53 Å². The standard InChI is InChI=1S/C15H15IN2O2/c1-2-20-15(19)13-9-12(7-8-14(13)17)18-11-5-3-10(16)4-6-11/h3-9,18H,2,17H2,1H3. The highest BCUT2D eigenvalue weighted by Gasteiger charge is 2.11. The minimum Gasteiger partial charge on any atom is -0.462 e. The van der Waals surface area contributed by atoms with Gasteiger partial charge in [-0.2, -0.15) is 0 Å². The number of ether oxygens (including phenoxy) is 1. The quantitative estimate of drug-likeness (QED) is 0.480. The molecule has 3 N–H and O–H groups in total. The third kappa shape index (κ3) is 3.63. The van der Waals surface area contributed by atoms with Gasteiger partial charge in [0, 0.05) is 20.6 Å². The van der Waals surface area contributed by atoms with Crippen LogP contribution in [0.3, 0.4) is 0 Å². The molecule has 0 unspecified atom stereocenters. The molecule has 0 atom stereocenters. The predicted octanol–water partition coefficient (Wildman–Crippen LogP) is 3.79. The van der Waals surface area contributed by atoms with Gasteiger partial charge in [0.25, 0.3) is 0 Å². The van der Waals surface area contributed by atoms with Crippen molar-refractivity contribution in [2.45, 2.75) is 6.92 Å². The van der Waals surface area contributed by atoms with Crippen LogP contribution in [0.5, 0.6) is 0 Å².